The molecular weight excluding hydrogens is 373 g/mol. The number of fused-ring (bicyclic) bond motifs is 1. The average molecular weight is 394 g/mol. The highest BCUT2D eigenvalue weighted by molar-refractivity contribution is 6.38. The van der Waals surface area contributed by atoms with Crippen molar-refractivity contribution in [3.8, 4) is 0 Å². The Hall–Kier alpha value is -2.12. The summed E-state index contributed by atoms with van der Waals surface area (Å²) < 4.78 is 15.3. The molecular formula is C19H21ClFN3O3. The van der Waals surface area contributed by atoms with Gasteiger partial charge < -0.3 is 20.3 Å². The topological polar surface area (TPSA) is 88.6 Å². The van der Waals surface area contributed by atoms with Crippen molar-refractivity contribution in [2.24, 2.45) is 11.7 Å². The minimum Gasteiger partial charge on any atom is -0.477 e. The summed E-state index contributed by atoms with van der Waals surface area (Å²) in [5, 5.41) is 9.86. The Labute approximate surface area is 160 Å². The van der Waals surface area contributed by atoms with Crippen molar-refractivity contribution in [1.29, 1.82) is 0 Å². The number of aromatic nitrogens is 1. The largest absolute Gasteiger partial charge is 0.477 e. The number of rotatable bonds is 3. The maximum atomic E-state index is 13.8. The lowest BCUT2D eigenvalue weighted by Crippen LogP contribution is -2.47. The molecule has 1 aromatic carbocycles. The van der Waals surface area contributed by atoms with Crippen molar-refractivity contribution in [3.05, 3.63) is 39.1 Å². The predicted octanol–water partition coefficient (Wildman–Crippen LogP) is 2.81. The number of hydrogen-bond donors (Lipinski definition) is 2. The Bertz CT molecular complexity index is 992. The van der Waals surface area contributed by atoms with Crippen LogP contribution in [0.5, 0.6) is 0 Å². The molecule has 1 aromatic heterocycles. The van der Waals surface area contributed by atoms with Crippen LogP contribution in [0.3, 0.4) is 0 Å². The SMILES string of the molecule is C[C@@H]1CCN(c2ccc3c(=O)c(C(=O)O)cn([C@@H]4C[C@@H]4F)c3c2Cl)C[C@H]1N. The van der Waals surface area contributed by atoms with Crippen LogP contribution in [0, 0.1) is 5.92 Å². The molecule has 2 fully saturated rings. The molecule has 6 nitrogen and oxygen atoms in total. The van der Waals surface area contributed by atoms with Crippen LogP contribution < -0.4 is 16.1 Å². The van der Waals surface area contributed by atoms with Crippen molar-refractivity contribution < 1.29 is 14.3 Å². The Morgan fingerprint density at radius 1 is 1.41 bits per heavy atom. The van der Waals surface area contributed by atoms with Gasteiger partial charge in [-0.25, -0.2) is 9.18 Å². The van der Waals surface area contributed by atoms with Crippen molar-refractivity contribution in [2.45, 2.75) is 38.0 Å². The number of anilines is 1. The van der Waals surface area contributed by atoms with E-state index in [1.807, 2.05) is 0 Å². The molecule has 2 heterocycles. The number of carbonyl (C=O) groups is 1. The summed E-state index contributed by atoms with van der Waals surface area (Å²) in [6, 6.07) is 2.83. The first kappa shape index (κ1) is 18.3. The number of carboxylic acids is 1. The van der Waals surface area contributed by atoms with E-state index >= 15 is 0 Å². The summed E-state index contributed by atoms with van der Waals surface area (Å²) in [5.41, 5.74) is 6.34. The summed E-state index contributed by atoms with van der Waals surface area (Å²) in [6.45, 7) is 3.54. The molecule has 1 saturated carbocycles. The van der Waals surface area contributed by atoms with Crippen LogP contribution in [-0.2, 0) is 0 Å². The normalized spacial score (nSPS) is 27.8. The highest BCUT2D eigenvalue weighted by atomic mass is 35.5. The lowest BCUT2D eigenvalue weighted by atomic mass is 9.94. The van der Waals surface area contributed by atoms with E-state index in [4.69, 9.17) is 17.3 Å². The number of alkyl halides is 1. The van der Waals surface area contributed by atoms with Crippen molar-refractivity contribution >= 4 is 34.2 Å². The number of aromatic carboxylic acids is 1. The second-order valence-electron chi connectivity index (χ2n) is 7.57. The number of halogens is 2. The summed E-state index contributed by atoms with van der Waals surface area (Å²) in [4.78, 5) is 26.1. The van der Waals surface area contributed by atoms with Crippen LogP contribution in [0.2, 0.25) is 5.02 Å². The Balaban J connectivity index is 1.90. The number of pyridine rings is 1. The first-order valence-electron chi connectivity index (χ1n) is 9.04. The summed E-state index contributed by atoms with van der Waals surface area (Å²) >= 11 is 6.68. The monoisotopic (exact) mass is 393 g/mol. The highest BCUT2D eigenvalue weighted by Crippen LogP contribution is 2.43. The zero-order valence-corrected chi connectivity index (χ0v) is 15.6. The second kappa shape index (κ2) is 6.49. The molecule has 8 heteroatoms. The standard InChI is InChI=1S/C19H21ClFN3O3/c1-9-4-5-23(8-13(9)22)14-3-2-10-17(16(14)20)24(15-6-12(15)21)7-11(18(10)25)19(26)27/h2-3,7,9,12-13,15H,4-6,8,22H2,1H3,(H,26,27)/t9-,12+,13-,15-/m1/s1. The van der Waals surface area contributed by atoms with Crippen molar-refractivity contribution in [3.63, 3.8) is 0 Å². The summed E-state index contributed by atoms with van der Waals surface area (Å²) in [6.07, 6.45) is 1.36. The molecule has 0 spiro atoms. The van der Waals surface area contributed by atoms with Gasteiger partial charge in [0, 0.05) is 37.1 Å². The van der Waals surface area contributed by atoms with Crippen LogP contribution in [-0.4, -0.2) is 40.9 Å². The fourth-order valence-corrected chi connectivity index (χ4v) is 4.19. The van der Waals surface area contributed by atoms with Gasteiger partial charge in [-0.1, -0.05) is 18.5 Å². The fourth-order valence-electron chi connectivity index (χ4n) is 3.81. The zero-order chi connectivity index (χ0) is 19.5. The number of benzene rings is 1. The molecule has 0 unspecified atom stereocenters. The van der Waals surface area contributed by atoms with E-state index in [9.17, 15) is 19.1 Å². The number of hydrogen-bond acceptors (Lipinski definition) is 4. The van der Waals surface area contributed by atoms with Crippen LogP contribution >= 0.6 is 11.6 Å². The van der Waals surface area contributed by atoms with Gasteiger partial charge in [0.15, 0.2) is 0 Å². The third-order valence-corrected chi connectivity index (χ3v) is 6.11. The smallest absolute Gasteiger partial charge is 0.341 e. The molecule has 2 aromatic rings. The van der Waals surface area contributed by atoms with E-state index in [2.05, 4.69) is 11.8 Å². The molecule has 1 saturated heterocycles. The van der Waals surface area contributed by atoms with Gasteiger partial charge in [0.1, 0.15) is 11.7 Å². The number of nitrogens with two attached hydrogens (primary N) is 1. The van der Waals surface area contributed by atoms with Gasteiger partial charge >= 0.3 is 5.97 Å². The van der Waals surface area contributed by atoms with E-state index in [1.165, 1.54) is 10.8 Å². The van der Waals surface area contributed by atoms with Crippen LogP contribution in [0.15, 0.2) is 23.1 Å². The first-order valence-corrected chi connectivity index (χ1v) is 9.42. The minimum absolute atomic E-state index is 0.0146. The van der Waals surface area contributed by atoms with E-state index < -0.39 is 23.6 Å². The van der Waals surface area contributed by atoms with E-state index in [0.29, 0.717) is 23.0 Å². The van der Waals surface area contributed by atoms with Gasteiger partial charge in [0.2, 0.25) is 5.43 Å². The van der Waals surface area contributed by atoms with Gasteiger partial charge in [-0.15, -0.1) is 0 Å². The molecule has 0 radical (unpaired) electrons. The molecule has 4 rings (SSSR count). The second-order valence-corrected chi connectivity index (χ2v) is 7.95. The van der Waals surface area contributed by atoms with E-state index in [-0.39, 0.29) is 23.4 Å². The van der Waals surface area contributed by atoms with Gasteiger partial charge in [0.05, 0.1) is 22.3 Å². The lowest BCUT2D eigenvalue weighted by molar-refractivity contribution is 0.0694. The molecule has 2 aliphatic rings. The van der Waals surface area contributed by atoms with Gasteiger partial charge in [0.25, 0.3) is 0 Å². The molecule has 0 amide bonds. The van der Waals surface area contributed by atoms with Gasteiger partial charge in [-0.2, -0.15) is 0 Å². The average Bonchev–Trinajstić information content (AvgIpc) is 3.34. The van der Waals surface area contributed by atoms with Crippen molar-refractivity contribution in [2.75, 3.05) is 18.0 Å². The maximum absolute atomic E-state index is 13.8. The summed E-state index contributed by atoms with van der Waals surface area (Å²) in [5.74, 6) is -0.918. The quantitative estimate of drug-likeness (QED) is 0.837. The van der Waals surface area contributed by atoms with Crippen LogP contribution in [0.25, 0.3) is 10.9 Å². The van der Waals surface area contributed by atoms with E-state index in [0.717, 1.165) is 18.7 Å². The Morgan fingerprint density at radius 3 is 2.70 bits per heavy atom. The first-order chi connectivity index (χ1) is 12.8. The Kier molecular flexibility index (Phi) is 4.39. The van der Waals surface area contributed by atoms with Crippen LogP contribution in [0.1, 0.15) is 36.2 Å². The van der Waals surface area contributed by atoms with E-state index in [1.54, 1.807) is 12.1 Å². The maximum Gasteiger partial charge on any atom is 0.341 e. The minimum atomic E-state index is -1.33. The van der Waals surface area contributed by atoms with Gasteiger partial charge in [-0.05, 0) is 24.5 Å². The molecule has 0 bridgehead atoms. The Morgan fingerprint density at radius 2 is 2.11 bits per heavy atom. The third-order valence-electron chi connectivity index (χ3n) is 5.74. The molecule has 4 atom stereocenters. The summed E-state index contributed by atoms with van der Waals surface area (Å²) in [7, 11) is 0. The third kappa shape index (κ3) is 2.99. The highest BCUT2D eigenvalue weighted by Gasteiger charge is 2.40. The van der Waals surface area contributed by atoms with Crippen LogP contribution in [0.4, 0.5) is 10.1 Å². The molecule has 1 aliphatic carbocycles. The molecule has 144 valence electrons. The number of nitrogens with zero attached hydrogens (tertiary/aromatic N) is 2. The number of carboxylic acid groups (broad SMARTS) is 1. The molecule has 3 N–H and O–H groups in total. The molecule has 1 aliphatic heterocycles. The van der Waals surface area contributed by atoms with Crippen molar-refractivity contribution in [1.82, 2.24) is 4.57 Å². The van der Waals surface area contributed by atoms with Gasteiger partial charge in [-0.3, -0.25) is 4.79 Å². The number of piperidine rings is 1. The molecule has 27 heavy (non-hydrogen) atoms. The fraction of sp³-hybridized carbons (Fsp3) is 0.474. The zero-order valence-electron chi connectivity index (χ0n) is 14.9. The lowest BCUT2D eigenvalue weighted by Gasteiger charge is -2.37. The predicted molar refractivity (Wildman–Crippen MR) is 103 cm³/mol.